The predicted octanol–water partition coefficient (Wildman–Crippen LogP) is 2.42. The van der Waals surface area contributed by atoms with Crippen LogP contribution in [0.3, 0.4) is 0 Å². The van der Waals surface area contributed by atoms with Crippen LogP contribution in [0.4, 0.5) is 5.82 Å². The molecule has 0 spiro atoms. The van der Waals surface area contributed by atoms with E-state index < -0.39 is 0 Å². The molecule has 3 rings (SSSR count). The van der Waals surface area contributed by atoms with Gasteiger partial charge < -0.3 is 20.1 Å². The van der Waals surface area contributed by atoms with Crippen molar-refractivity contribution in [3.63, 3.8) is 0 Å². The van der Waals surface area contributed by atoms with Gasteiger partial charge in [-0.05, 0) is 19.4 Å². The highest BCUT2D eigenvalue weighted by Crippen LogP contribution is 2.39. The number of hydrogen-bond acceptors (Lipinski definition) is 6. The lowest BCUT2D eigenvalue weighted by molar-refractivity contribution is 0.0686. The Hall–Kier alpha value is -2.67. The van der Waals surface area contributed by atoms with Gasteiger partial charge in [0, 0.05) is 32.3 Å². The number of methoxy groups -OCH3 is 1. The summed E-state index contributed by atoms with van der Waals surface area (Å²) in [7, 11) is 3.33. The second kappa shape index (κ2) is 7.29. The fourth-order valence-corrected chi connectivity index (χ4v) is 3.39. The second-order valence-corrected chi connectivity index (χ2v) is 6.59. The molecule has 0 fully saturated rings. The molecule has 1 atom stereocenters. The van der Waals surface area contributed by atoms with Crippen LogP contribution in [0.15, 0.2) is 18.3 Å². The van der Waals surface area contributed by atoms with Gasteiger partial charge in [0.1, 0.15) is 23.7 Å². The monoisotopic (exact) mass is 356 g/mol. The molecule has 2 heterocycles. The third-order valence-electron chi connectivity index (χ3n) is 4.60. The number of fused-ring (bicyclic) bond motifs is 1. The number of nitrogens with zero attached hydrogens (tertiary/aromatic N) is 3. The molecule has 7 nitrogen and oxygen atoms in total. The van der Waals surface area contributed by atoms with E-state index in [0.717, 1.165) is 28.9 Å². The molecule has 0 aliphatic carbocycles. The van der Waals surface area contributed by atoms with E-state index in [1.165, 1.54) is 6.20 Å². The van der Waals surface area contributed by atoms with E-state index in [4.69, 9.17) is 15.2 Å². The first-order valence-corrected chi connectivity index (χ1v) is 8.53. The molecule has 1 aromatic carbocycles. The zero-order chi connectivity index (χ0) is 18.8. The van der Waals surface area contributed by atoms with Gasteiger partial charge in [0.15, 0.2) is 5.82 Å². The number of nitrogens with two attached hydrogens (primary N) is 1. The van der Waals surface area contributed by atoms with Gasteiger partial charge in [-0.1, -0.05) is 17.7 Å². The first-order valence-electron chi connectivity index (χ1n) is 8.53. The van der Waals surface area contributed by atoms with Crippen molar-refractivity contribution in [2.24, 2.45) is 0 Å². The molecule has 1 unspecified atom stereocenters. The first kappa shape index (κ1) is 18.1. The van der Waals surface area contributed by atoms with Crippen LogP contribution in [0.5, 0.6) is 5.75 Å². The summed E-state index contributed by atoms with van der Waals surface area (Å²) in [5.74, 6) is 1.28. The largest absolute Gasteiger partial charge is 0.493 e. The van der Waals surface area contributed by atoms with E-state index in [9.17, 15) is 4.79 Å². The van der Waals surface area contributed by atoms with Crippen LogP contribution in [0.1, 0.15) is 45.3 Å². The van der Waals surface area contributed by atoms with Crippen molar-refractivity contribution in [1.29, 1.82) is 0 Å². The minimum atomic E-state index is -0.205. The number of aromatic nitrogens is 2. The molecule has 7 heteroatoms. The number of aryl methyl sites for hydroxylation is 2. The van der Waals surface area contributed by atoms with Gasteiger partial charge in [0.2, 0.25) is 0 Å². The fourth-order valence-electron chi connectivity index (χ4n) is 3.39. The summed E-state index contributed by atoms with van der Waals surface area (Å²) in [5, 5.41) is 0. The third-order valence-corrected chi connectivity index (χ3v) is 4.60. The molecule has 26 heavy (non-hydrogen) atoms. The third kappa shape index (κ3) is 3.35. The van der Waals surface area contributed by atoms with E-state index in [1.807, 2.05) is 13.8 Å². The van der Waals surface area contributed by atoms with Gasteiger partial charge in [0.25, 0.3) is 5.91 Å². The molecule has 1 aliphatic rings. The smallest absolute Gasteiger partial charge is 0.259 e. The number of rotatable bonds is 4. The molecule has 0 bridgehead atoms. The Morgan fingerprint density at radius 2 is 2.19 bits per heavy atom. The summed E-state index contributed by atoms with van der Waals surface area (Å²) < 4.78 is 10.8. The number of carbonyl (C=O) groups is 1. The minimum absolute atomic E-state index is 0.0806. The van der Waals surface area contributed by atoms with E-state index >= 15 is 0 Å². The zero-order valence-corrected chi connectivity index (χ0v) is 15.6. The summed E-state index contributed by atoms with van der Waals surface area (Å²) in [4.78, 5) is 23.0. The molecular weight excluding hydrogens is 332 g/mol. The SMILES string of the molecule is COCc1ncc(C(=O)N(C)C2CCOc3c(C)cc(C)cc32)c(N)n1. The van der Waals surface area contributed by atoms with Crippen molar-refractivity contribution in [2.45, 2.75) is 32.9 Å². The van der Waals surface area contributed by atoms with E-state index in [2.05, 4.69) is 22.1 Å². The van der Waals surface area contributed by atoms with Crippen LogP contribution >= 0.6 is 0 Å². The van der Waals surface area contributed by atoms with Crippen molar-refractivity contribution < 1.29 is 14.3 Å². The molecule has 1 aromatic heterocycles. The van der Waals surface area contributed by atoms with Crippen molar-refractivity contribution in [3.05, 3.63) is 46.4 Å². The summed E-state index contributed by atoms with van der Waals surface area (Å²) in [6.07, 6.45) is 2.19. The number of ether oxygens (including phenoxy) is 2. The van der Waals surface area contributed by atoms with Gasteiger partial charge in [-0.3, -0.25) is 4.79 Å². The Kier molecular flexibility index (Phi) is 5.08. The topological polar surface area (TPSA) is 90.6 Å². The predicted molar refractivity (Wildman–Crippen MR) is 98.0 cm³/mol. The maximum atomic E-state index is 13.0. The number of anilines is 1. The number of nitrogen functional groups attached to an aromatic ring is 1. The molecule has 2 N–H and O–H groups in total. The quantitative estimate of drug-likeness (QED) is 0.905. The molecule has 0 saturated carbocycles. The summed E-state index contributed by atoms with van der Waals surface area (Å²) in [6, 6.07) is 4.09. The van der Waals surface area contributed by atoms with E-state index in [0.29, 0.717) is 18.0 Å². The summed E-state index contributed by atoms with van der Waals surface area (Å²) in [5.41, 5.74) is 9.53. The van der Waals surface area contributed by atoms with Crippen LogP contribution in [-0.4, -0.2) is 41.5 Å². The second-order valence-electron chi connectivity index (χ2n) is 6.59. The Morgan fingerprint density at radius 3 is 2.88 bits per heavy atom. The van der Waals surface area contributed by atoms with E-state index in [1.54, 1.807) is 19.1 Å². The molecule has 1 aliphatic heterocycles. The number of hydrogen-bond donors (Lipinski definition) is 1. The van der Waals surface area contributed by atoms with Crippen molar-refractivity contribution in [3.8, 4) is 5.75 Å². The van der Waals surface area contributed by atoms with Gasteiger partial charge in [-0.15, -0.1) is 0 Å². The van der Waals surface area contributed by atoms with Gasteiger partial charge in [0.05, 0.1) is 12.6 Å². The van der Waals surface area contributed by atoms with Gasteiger partial charge in [-0.25, -0.2) is 9.97 Å². The first-order chi connectivity index (χ1) is 12.4. The van der Waals surface area contributed by atoms with Crippen molar-refractivity contribution >= 4 is 11.7 Å². The summed E-state index contributed by atoms with van der Waals surface area (Å²) >= 11 is 0. The molecule has 1 amide bonds. The average Bonchev–Trinajstić information content (AvgIpc) is 2.60. The lowest BCUT2D eigenvalue weighted by atomic mass is 9.94. The lowest BCUT2D eigenvalue weighted by Gasteiger charge is -2.34. The standard InChI is InChI=1S/C19H24N4O3/c1-11-7-12(2)17-13(8-11)15(5-6-26-17)23(3)19(24)14-9-21-16(10-25-4)22-18(14)20/h7-9,15H,5-6,10H2,1-4H3,(H2,20,21,22). The van der Waals surface area contributed by atoms with E-state index in [-0.39, 0.29) is 24.4 Å². The lowest BCUT2D eigenvalue weighted by Crippen LogP contribution is -2.35. The van der Waals surface area contributed by atoms with Gasteiger partial charge in [-0.2, -0.15) is 0 Å². The highest BCUT2D eigenvalue weighted by atomic mass is 16.5. The zero-order valence-electron chi connectivity index (χ0n) is 15.6. The fraction of sp³-hybridized carbons (Fsp3) is 0.421. The maximum Gasteiger partial charge on any atom is 0.259 e. The van der Waals surface area contributed by atoms with Crippen LogP contribution in [0.25, 0.3) is 0 Å². The molecule has 0 radical (unpaired) electrons. The van der Waals surface area contributed by atoms with Gasteiger partial charge >= 0.3 is 0 Å². The maximum absolute atomic E-state index is 13.0. The van der Waals surface area contributed by atoms with Crippen LogP contribution < -0.4 is 10.5 Å². The summed E-state index contributed by atoms with van der Waals surface area (Å²) in [6.45, 7) is 4.88. The Balaban J connectivity index is 1.91. The number of carbonyl (C=O) groups excluding carboxylic acids is 1. The van der Waals surface area contributed by atoms with Crippen molar-refractivity contribution in [2.75, 3.05) is 26.5 Å². The average molecular weight is 356 g/mol. The Labute approximate surface area is 153 Å². The molecule has 0 saturated heterocycles. The van der Waals surface area contributed by atoms with Crippen LogP contribution in [0, 0.1) is 13.8 Å². The Morgan fingerprint density at radius 1 is 1.42 bits per heavy atom. The number of benzene rings is 1. The molecule has 138 valence electrons. The normalized spacial score (nSPS) is 15.9. The van der Waals surface area contributed by atoms with Crippen molar-refractivity contribution in [1.82, 2.24) is 14.9 Å². The minimum Gasteiger partial charge on any atom is -0.493 e. The number of amides is 1. The molecular formula is C19H24N4O3. The highest BCUT2D eigenvalue weighted by Gasteiger charge is 2.30. The van der Waals surface area contributed by atoms with Crippen LogP contribution in [0.2, 0.25) is 0 Å². The Bertz CT molecular complexity index is 838. The van der Waals surface area contributed by atoms with Crippen LogP contribution in [-0.2, 0) is 11.3 Å². The molecule has 2 aromatic rings. The highest BCUT2D eigenvalue weighted by molar-refractivity contribution is 5.98.